The molecule has 0 fully saturated rings. The van der Waals surface area contributed by atoms with E-state index >= 15 is 0 Å². The lowest BCUT2D eigenvalue weighted by Gasteiger charge is -2.06. The first kappa shape index (κ1) is 16.7. The molecule has 0 aromatic heterocycles. The normalized spacial score (nSPS) is 11.6. The van der Waals surface area contributed by atoms with Crippen LogP contribution >= 0.6 is 0 Å². The summed E-state index contributed by atoms with van der Waals surface area (Å²) in [7, 11) is 0. The number of ketones is 1. The molecule has 2 aromatic carbocycles. The zero-order chi connectivity index (χ0) is 16.9. The Morgan fingerprint density at radius 1 is 1.00 bits per heavy atom. The van der Waals surface area contributed by atoms with Crippen molar-refractivity contribution in [1.82, 2.24) is 0 Å². The molecule has 2 rings (SSSR count). The van der Waals surface area contributed by atoms with Gasteiger partial charge in [-0.3, -0.25) is 4.79 Å². The molecule has 0 atom stereocenters. The van der Waals surface area contributed by atoms with Gasteiger partial charge < -0.3 is 0 Å². The summed E-state index contributed by atoms with van der Waals surface area (Å²) in [5, 5.41) is 0. The van der Waals surface area contributed by atoms with E-state index in [1.807, 2.05) is 6.07 Å². The van der Waals surface area contributed by atoms with Crippen LogP contribution in [0.1, 0.15) is 27.9 Å². The Labute approximate surface area is 132 Å². The highest BCUT2D eigenvalue weighted by Crippen LogP contribution is 2.29. The van der Waals surface area contributed by atoms with E-state index in [2.05, 4.69) is 6.58 Å². The Bertz CT molecular complexity index is 711. The van der Waals surface area contributed by atoms with Crippen LogP contribution in [0, 0.1) is 0 Å². The molecule has 4 heteroatoms. The summed E-state index contributed by atoms with van der Waals surface area (Å²) in [4.78, 5) is 12.1. The average molecular weight is 316 g/mol. The van der Waals surface area contributed by atoms with Gasteiger partial charge in [-0.2, -0.15) is 13.2 Å². The minimum Gasteiger partial charge on any atom is -0.289 e. The van der Waals surface area contributed by atoms with E-state index in [1.165, 1.54) is 12.1 Å². The first-order valence-corrected chi connectivity index (χ1v) is 6.99. The van der Waals surface area contributed by atoms with Gasteiger partial charge in [-0.1, -0.05) is 61.2 Å². The monoisotopic (exact) mass is 316 g/mol. The van der Waals surface area contributed by atoms with Crippen molar-refractivity contribution in [3.05, 3.63) is 89.5 Å². The quantitative estimate of drug-likeness (QED) is 0.522. The molecule has 0 unspecified atom stereocenters. The fourth-order valence-electron chi connectivity index (χ4n) is 2.01. The summed E-state index contributed by atoms with van der Waals surface area (Å²) < 4.78 is 37.4. The summed E-state index contributed by atoms with van der Waals surface area (Å²) >= 11 is 0. The van der Waals surface area contributed by atoms with Crippen molar-refractivity contribution in [2.45, 2.75) is 12.6 Å². The van der Waals surface area contributed by atoms with Gasteiger partial charge in [0.2, 0.25) is 0 Å². The van der Waals surface area contributed by atoms with Crippen LogP contribution in [0.15, 0.2) is 72.8 Å². The van der Waals surface area contributed by atoms with Crippen molar-refractivity contribution in [2.75, 3.05) is 0 Å². The predicted octanol–water partition coefficient (Wildman–Crippen LogP) is 5.55. The lowest BCUT2D eigenvalue weighted by atomic mass is 10.0. The molecular formula is C19H15F3O. The molecule has 0 heterocycles. The van der Waals surface area contributed by atoms with Crippen molar-refractivity contribution in [1.29, 1.82) is 0 Å². The SMILES string of the molecule is C=C(C/C=C/c1ccc(C(F)(F)F)cc1)C(=O)c1ccccc1. The average Bonchev–Trinajstić information content (AvgIpc) is 2.54. The van der Waals surface area contributed by atoms with Crippen LogP contribution in [-0.4, -0.2) is 5.78 Å². The molecule has 0 spiro atoms. The van der Waals surface area contributed by atoms with E-state index in [0.29, 0.717) is 23.1 Å². The second-order valence-electron chi connectivity index (χ2n) is 5.02. The summed E-state index contributed by atoms with van der Waals surface area (Å²) in [6, 6.07) is 13.6. The van der Waals surface area contributed by atoms with E-state index in [1.54, 1.807) is 36.4 Å². The van der Waals surface area contributed by atoms with Crippen molar-refractivity contribution in [2.24, 2.45) is 0 Å². The van der Waals surface area contributed by atoms with E-state index in [-0.39, 0.29) is 5.78 Å². The Morgan fingerprint density at radius 2 is 1.61 bits per heavy atom. The van der Waals surface area contributed by atoms with Gasteiger partial charge in [-0.05, 0) is 29.7 Å². The third-order valence-corrected chi connectivity index (χ3v) is 3.27. The molecule has 0 saturated carbocycles. The summed E-state index contributed by atoms with van der Waals surface area (Å²) in [6.07, 6.45) is -0.608. The van der Waals surface area contributed by atoms with E-state index in [0.717, 1.165) is 12.1 Å². The van der Waals surface area contributed by atoms with Crippen LogP contribution in [-0.2, 0) is 6.18 Å². The lowest BCUT2D eigenvalue weighted by Crippen LogP contribution is -2.04. The number of Topliss-reactive ketones (excluding diaryl/α,β-unsaturated/α-hetero) is 1. The molecular weight excluding hydrogens is 301 g/mol. The number of carbonyl (C=O) groups excluding carboxylic acids is 1. The number of allylic oxidation sites excluding steroid dienone is 2. The summed E-state index contributed by atoms with van der Waals surface area (Å²) in [5.41, 5.74) is 0.955. The molecule has 0 radical (unpaired) electrons. The smallest absolute Gasteiger partial charge is 0.289 e. The van der Waals surface area contributed by atoms with Crippen molar-refractivity contribution in [3.63, 3.8) is 0 Å². The molecule has 118 valence electrons. The molecule has 0 aliphatic heterocycles. The van der Waals surface area contributed by atoms with E-state index < -0.39 is 11.7 Å². The zero-order valence-corrected chi connectivity index (χ0v) is 12.3. The van der Waals surface area contributed by atoms with Crippen molar-refractivity contribution < 1.29 is 18.0 Å². The minimum atomic E-state index is -4.33. The maximum atomic E-state index is 12.5. The van der Waals surface area contributed by atoms with Gasteiger partial charge >= 0.3 is 6.18 Å². The first-order chi connectivity index (χ1) is 10.9. The zero-order valence-electron chi connectivity index (χ0n) is 12.3. The third kappa shape index (κ3) is 4.68. The molecule has 23 heavy (non-hydrogen) atoms. The number of alkyl halides is 3. The number of benzene rings is 2. The van der Waals surface area contributed by atoms with Crippen LogP contribution in [0.4, 0.5) is 13.2 Å². The molecule has 2 aromatic rings. The number of halogens is 3. The van der Waals surface area contributed by atoms with Gasteiger partial charge in [0.1, 0.15) is 0 Å². The molecule has 0 amide bonds. The summed E-state index contributed by atoms with van der Waals surface area (Å²) in [6.45, 7) is 3.76. The molecule has 1 nitrogen and oxygen atoms in total. The standard InChI is InChI=1S/C19H15F3O/c1-14(18(23)16-8-3-2-4-9-16)6-5-7-15-10-12-17(13-11-15)19(20,21)22/h2-5,7-13H,1,6H2/b7-5+. The maximum Gasteiger partial charge on any atom is 0.416 e. The Balaban J connectivity index is 1.96. The largest absolute Gasteiger partial charge is 0.416 e. The van der Waals surface area contributed by atoms with Gasteiger partial charge in [-0.15, -0.1) is 0 Å². The topological polar surface area (TPSA) is 17.1 Å². The number of carbonyl (C=O) groups is 1. The lowest BCUT2D eigenvalue weighted by molar-refractivity contribution is -0.137. The highest BCUT2D eigenvalue weighted by molar-refractivity contribution is 6.08. The predicted molar refractivity (Wildman–Crippen MR) is 85.0 cm³/mol. The van der Waals surface area contributed by atoms with Crippen LogP contribution in [0.3, 0.4) is 0 Å². The molecule has 0 saturated heterocycles. The fourth-order valence-corrected chi connectivity index (χ4v) is 2.01. The van der Waals surface area contributed by atoms with Crippen LogP contribution in [0.25, 0.3) is 6.08 Å². The highest BCUT2D eigenvalue weighted by Gasteiger charge is 2.29. The second-order valence-corrected chi connectivity index (χ2v) is 5.02. The van der Waals surface area contributed by atoms with E-state index in [4.69, 9.17) is 0 Å². The molecule has 0 bridgehead atoms. The summed E-state index contributed by atoms with van der Waals surface area (Å²) in [5.74, 6) is -0.136. The third-order valence-electron chi connectivity index (χ3n) is 3.27. The van der Waals surface area contributed by atoms with Crippen molar-refractivity contribution in [3.8, 4) is 0 Å². The minimum absolute atomic E-state index is 0.136. The van der Waals surface area contributed by atoms with Crippen LogP contribution < -0.4 is 0 Å². The molecule has 0 aliphatic carbocycles. The van der Waals surface area contributed by atoms with E-state index in [9.17, 15) is 18.0 Å². The van der Waals surface area contributed by atoms with Gasteiger partial charge in [-0.25, -0.2) is 0 Å². The van der Waals surface area contributed by atoms with Crippen LogP contribution in [0.2, 0.25) is 0 Å². The highest BCUT2D eigenvalue weighted by atomic mass is 19.4. The number of hydrogen-bond acceptors (Lipinski definition) is 1. The molecule has 0 N–H and O–H groups in total. The van der Waals surface area contributed by atoms with Gasteiger partial charge in [0.15, 0.2) is 5.78 Å². The Morgan fingerprint density at radius 3 is 2.17 bits per heavy atom. The number of rotatable bonds is 5. The van der Waals surface area contributed by atoms with Gasteiger partial charge in [0, 0.05) is 5.56 Å². The van der Waals surface area contributed by atoms with Gasteiger partial charge in [0.05, 0.1) is 5.56 Å². The Kier molecular flexibility index (Phi) is 5.16. The second kappa shape index (κ2) is 7.09. The number of hydrogen-bond donors (Lipinski definition) is 0. The first-order valence-electron chi connectivity index (χ1n) is 6.99. The molecule has 0 aliphatic rings. The fraction of sp³-hybridized carbons (Fsp3) is 0.105. The van der Waals surface area contributed by atoms with Gasteiger partial charge in [0.25, 0.3) is 0 Å². The Hall–Kier alpha value is -2.62. The van der Waals surface area contributed by atoms with Crippen molar-refractivity contribution >= 4 is 11.9 Å². The maximum absolute atomic E-state index is 12.5. The van der Waals surface area contributed by atoms with Crippen LogP contribution in [0.5, 0.6) is 0 Å².